The summed E-state index contributed by atoms with van der Waals surface area (Å²) in [6.07, 6.45) is 4.89. The quantitative estimate of drug-likeness (QED) is 0.858. The van der Waals surface area contributed by atoms with Crippen molar-refractivity contribution >= 4 is 11.7 Å². The number of benzene rings is 1. The van der Waals surface area contributed by atoms with E-state index in [0.717, 1.165) is 25.7 Å². The molecular weight excluding hydrogens is 290 g/mol. The SMILES string of the molecule is O=C1CCCCC1C1COCCN1C(=O)CCc1ccccc1. The second-order valence-corrected chi connectivity index (χ2v) is 6.53. The molecule has 3 rings (SSSR count). The Hall–Kier alpha value is -1.68. The van der Waals surface area contributed by atoms with E-state index in [4.69, 9.17) is 4.74 Å². The Bertz CT molecular complexity index is 543. The van der Waals surface area contributed by atoms with E-state index in [1.807, 2.05) is 23.1 Å². The summed E-state index contributed by atoms with van der Waals surface area (Å²) in [5.74, 6) is 0.442. The lowest BCUT2D eigenvalue weighted by Gasteiger charge is -2.41. The molecule has 2 fully saturated rings. The first-order chi connectivity index (χ1) is 11.3. The van der Waals surface area contributed by atoms with E-state index in [1.165, 1.54) is 5.56 Å². The molecule has 4 nitrogen and oxygen atoms in total. The molecule has 2 unspecified atom stereocenters. The number of amides is 1. The maximum atomic E-state index is 12.7. The highest BCUT2D eigenvalue weighted by molar-refractivity contribution is 5.84. The molecule has 23 heavy (non-hydrogen) atoms. The highest BCUT2D eigenvalue weighted by Crippen LogP contribution is 2.28. The molecule has 4 heteroatoms. The number of nitrogens with zero attached hydrogens (tertiary/aromatic N) is 1. The Morgan fingerprint density at radius 2 is 2.04 bits per heavy atom. The summed E-state index contributed by atoms with van der Waals surface area (Å²) in [7, 11) is 0. The Morgan fingerprint density at radius 1 is 1.22 bits per heavy atom. The molecule has 0 aromatic heterocycles. The lowest BCUT2D eigenvalue weighted by molar-refractivity contribution is -0.146. The van der Waals surface area contributed by atoms with Crippen LogP contribution in [-0.4, -0.2) is 42.4 Å². The highest BCUT2D eigenvalue weighted by atomic mass is 16.5. The van der Waals surface area contributed by atoms with Crippen molar-refractivity contribution in [2.75, 3.05) is 19.8 Å². The molecule has 1 aromatic carbocycles. The van der Waals surface area contributed by atoms with Gasteiger partial charge in [0.25, 0.3) is 0 Å². The van der Waals surface area contributed by atoms with Crippen LogP contribution in [0.2, 0.25) is 0 Å². The van der Waals surface area contributed by atoms with E-state index in [1.54, 1.807) is 0 Å². The number of carbonyl (C=O) groups is 2. The third kappa shape index (κ3) is 3.99. The van der Waals surface area contributed by atoms with Crippen molar-refractivity contribution in [3.63, 3.8) is 0 Å². The van der Waals surface area contributed by atoms with E-state index in [2.05, 4.69) is 12.1 Å². The van der Waals surface area contributed by atoms with Crippen molar-refractivity contribution in [1.29, 1.82) is 0 Å². The third-order valence-electron chi connectivity index (χ3n) is 5.02. The summed E-state index contributed by atoms with van der Waals surface area (Å²) in [5, 5.41) is 0. The molecule has 1 heterocycles. The van der Waals surface area contributed by atoms with Gasteiger partial charge in [0.2, 0.25) is 5.91 Å². The average molecular weight is 315 g/mol. The van der Waals surface area contributed by atoms with Crippen LogP contribution < -0.4 is 0 Å². The van der Waals surface area contributed by atoms with Crippen molar-refractivity contribution in [3.05, 3.63) is 35.9 Å². The highest BCUT2D eigenvalue weighted by Gasteiger charge is 2.37. The minimum Gasteiger partial charge on any atom is -0.377 e. The summed E-state index contributed by atoms with van der Waals surface area (Å²) in [5.41, 5.74) is 1.18. The van der Waals surface area contributed by atoms with Crippen molar-refractivity contribution in [3.8, 4) is 0 Å². The number of carbonyl (C=O) groups excluding carboxylic acids is 2. The van der Waals surface area contributed by atoms with Crippen LogP contribution in [0.15, 0.2) is 30.3 Å². The zero-order chi connectivity index (χ0) is 16.1. The fraction of sp³-hybridized carbons (Fsp3) is 0.579. The summed E-state index contributed by atoms with van der Waals surface area (Å²) < 4.78 is 5.58. The van der Waals surface area contributed by atoms with Crippen LogP contribution in [0.25, 0.3) is 0 Å². The van der Waals surface area contributed by atoms with Gasteiger partial charge in [0.15, 0.2) is 0 Å². The zero-order valence-corrected chi connectivity index (χ0v) is 13.6. The van der Waals surface area contributed by atoms with Gasteiger partial charge < -0.3 is 9.64 Å². The van der Waals surface area contributed by atoms with Gasteiger partial charge in [0.05, 0.1) is 19.3 Å². The Morgan fingerprint density at radius 3 is 2.83 bits per heavy atom. The average Bonchev–Trinajstić information content (AvgIpc) is 2.61. The first-order valence-corrected chi connectivity index (χ1v) is 8.69. The zero-order valence-electron chi connectivity index (χ0n) is 13.6. The summed E-state index contributed by atoms with van der Waals surface area (Å²) in [6.45, 7) is 1.70. The van der Waals surface area contributed by atoms with Crippen LogP contribution in [0, 0.1) is 5.92 Å². The predicted molar refractivity (Wildman–Crippen MR) is 88.0 cm³/mol. The van der Waals surface area contributed by atoms with Gasteiger partial charge in [-0.1, -0.05) is 36.8 Å². The number of aryl methyl sites for hydroxylation is 1. The fourth-order valence-electron chi connectivity index (χ4n) is 3.72. The first kappa shape index (κ1) is 16.2. The van der Waals surface area contributed by atoms with Crippen LogP contribution in [0.5, 0.6) is 0 Å². The minimum absolute atomic E-state index is 0.0234. The number of ketones is 1. The lowest BCUT2D eigenvalue weighted by Crippen LogP contribution is -2.54. The molecular formula is C19H25NO3. The van der Waals surface area contributed by atoms with Gasteiger partial charge in [0.1, 0.15) is 5.78 Å². The van der Waals surface area contributed by atoms with E-state index < -0.39 is 0 Å². The third-order valence-corrected chi connectivity index (χ3v) is 5.02. The van der Waals surface area contributed by atoms with Crippen molar-refractivity contribution in [1.82, 2.24) is 4.90 Å². The molecule has 124 valence electrons. The molecule has 0 bridgehead atoms. The normalized spacial score (nSPS) is 25.4. The van der Waals surface area contributed by atoms with Gasteiger partial charge >= 0.3 is 0 Å². The van der Waals surface area contributed by atoms with E-state index in [0.29, 0.717) is 38.4 Å². The number of hydrogen-bond acceptors (Lipinski definition) is 3. The van der Waals surface area contributed by atoms with Crippen LogP contribution in [-0.2, 0) is 20.7 Å². The van der Waals surface area contributed by atoms with Gasteiger partial charge in [-0.15, -0.1) is 0 Å². The Labute approximate surface area is 137 Å². The number of ether oxygens (including phenoxy) is 1. The number of hydrogen-bond donors (Lipinski definition) is 0. The summed E-state index contributed by atoms with van der Waals surface area (Å²) in [6, 6.07) is 10.0. The van der Waals surface area contributed by atoms with Gasteiger partial charge in [-0.25, -0.2) is 0 Å². The topological polar surface area (TPSA) is 46.6 Å². The first-order valence-electron chi connectivity index (χ1n) is 8.69. The molecule has 0 N–H and O–H groups in total. The van der Waals surface area contributed by atoms with Gasteiger partial charge in [-0.3, -0.25) is 9.59 Å². The van der Waals surface area contributed by atoms with Gasteiger partial charge in [0, 0.05) is 25.3 Å². The second-order valence-electron chi connectivity index (χ2n) is 6.53. The molecule has 1 saturated carbocycles. The van der Waals surface area contributed by atoms with E-state index >= 15 is 0 Å². The monoisotopic (exact) mass is 315 g/mol. The summed E-state index contributed by atoms with van der Waals surface area (Å²) in [4.78, 5) is 26.9. The molecule has 0 spiro atoms. The molecule has 2 aliphatic rings. The fourth-order valence-corrected chi connectivity index (χ4v) is 3.72. The second kappa shape index (κ2) is 7.73. The van der Waals surface area contributed by atoms with Crippen LogP contribution in [0.4, 0.5) is 0 Å². The van der Waals surface area contributed by atoms with Gasteiger partial charge in [-0.05, 0) is 24.8 Å². The van der Waals surface area contributed by atoms with E-state index in [9.17, 15) is 9.59 Å². The largest absolute Gasteiger partial charge is 0.377 e. The number of Topliss-reactive ketones (excluding diaryl/α,β-unsaturated/α-hetero) is 1. The van der Waals surface area contributed by atoms with Crippen molar-refractivity contribution in [2.24, 2.45) is 5.92 Å². The predicted octanol–water partition coefficient (Wildman–Crippen LogP) is 2.61. The van der Waals surface area contributed by atoms with Crippen LogP contribution in [0.1, 0.15) is 37.7 Å². The molecule has 2 atom stereocenters. The standard InChI is InChI=1S/C19H25NO3/c21-18-9-5-4-8-16(18)17-14-23-13-12-20(17)19(22)11-10-15-6-2-1-3-7-15/h1-3,6-7,16-17H,4-5,8-14H2. The molecule has 1 aromatic rings. The molecule has 1 saturated heterocycles. The molecule has 1 amide bonds. The Balaban J connectivity index is 1.63. The number of rotatable bonds is 4. The summed E-state index contributed by atoms with van der Waals surface area (Å²) >= 11 is 0. The Kier molecular flexibility index (Phi) is 5.44. The van der Waals surface area contributed by atoms with E-state index in [-0.39, 0.29) is 17.9 Å². The smallest absolute Gasteiger partial charge is 0.223 e. The van der Waals surface area contributed by atoms with Crippen molar-refractivity contribution in [2.45, 2.75) is 44.6 Å². The van der Waals surface area contributed by atoms with Gasteiger partial charge in [-0.2, -0.15) is 0 Å². The van der Waals surface area contributed by atoms with Crippen molar-refractivity contribution < 1.29 is 14.3 Å². The maximum Gasteiger partial charge on any atom is 0.223 e. The molecule has 1 aliphatic carbocycles. The van der Waals surface area contributed by atoms with Crippen LogP contribution >= 0.6 is 0 Å². The maximum absolute atomic E-state index is 12.7. The minimum atomic E-state index is -0.0557. The van der Waals surface area contributed by atoms with Crippen LogP contribution in [0.3, 0.4) is 0 Å². The lowest BCUT2D eigenvalue weighted by atomic mass is 9.82. The molecule has 0 radical (unpaired) electrons. The number of morpholine rings is 1. The molecule has 1 aliphatic heterocycles.